The molecule has 0 radical (unpaired) electrons. The Morgan fingerprint density at radius 2 is 1.88 bits per heavy atom. The summed E-state index contributed by atoms with van der Waals surface area (Å²) < 4.78 is 1.22. The maximum atomic E-state index is 6.89. The summed E-state index contributed by atoms with van der Waals surface area (Å²) >= 11 is 15.2. The van der Waals surface area contributed by atoms with Crippen molar-refractivity contribution < 1.29 is 0 Å². The number of aryl methyl sites for hydroxylation is 2. The second-order valence-electron chi connectivity index (χ2n) is 9.40. The second kappa shape index (κ2) is 9.66. The third-order valence-corrected chi connectivity index (χ3v) is 9.08. The molecule has 4 heterocycles. The highest BCUT2D eigenvalue weighted by molar-refractivity contribution is 14.1. The van der Waals surface area contributed by atoms with Crippen molar-refractivity contribution in [3.05, 3.63) is 73.8 Å². The molecule has 0 spiro atoms. The number of hydrogen-bond donors (Lipinski definition) is 2. The van der Waals surface area contributed by atoms with Gasteiger partial charge >= 0.3 is 0 Å². The third-order valence-electron chi connectivity index (χ3n) is 7.07. The summed E-state index contributed by atoms with van der Waals surface area (Å²) in [6, 6.07) is 12.3. The van der Waals surface area contributed by atoms with Crippen LogP contribution < -0.4 is 15.1 Å². The van der Waals surface area contributed by atoms with E-state index in [9.17, 15) is 0 Å². The fourth-order valence-electron chi connectivity index (χ4n) is 5.20. The van der Waals surface area contributed by atoms with Crippen LogP contribution in [0.15, 0.2) is 42.6 Å². The Balaban J connectivity index is 1.56. The molecule has 2 fully saturated rings. The number of nitrogens with one attached hydrogen (secondary N) is 2. The van der Waals surface area contributed by atoms with Gasteiger partial charge < -0.3 is 20.1 Å². The van der Waals surface area contributed by atoms with E-state index in [2.05, 4.69) is 92.7 Å². The van der Waals surface area contributed by atoms with E-state index in [0.29, 0.717) is 5.11 Å². The van der Waals surface area contributed by atoms with E-state index in [-0.39, 0.29) is 12.1 Å². The van der Waals surface area contributed by atoms with Crippen LogP contribution in [0.5, 0.6) is 0 Å². The molecule has 0 unspecified atom stereocenters. The fraction of sp³-hybridized carbons (Fsp3) is 0.385. The lowest BCUT2D eigenvalue weighted by Gasteiger charge is -2.33. The molecule has 2 aliphatic rings. The Kier molecular flexibility index (Phi) is 6.79. The number of piperidine rings is 1. The Labute approximate surface area is 225 Å². The van der Waals surface area contributed by atoms with Crippen molar-refractivity contribution >= 4 is 62.9 Å². The Hall–Kier alpha value is -1.84. The highest BCUT2D eigenvalue weighted by Crippen LogP contribution is 2.45. The lowest BCUT2D eigenvalue weighted by Crippen LogP contribution is -2.33. The number of aromatic amines is 1. The zero-order valence-corrected chi connectivity index (χ0v) is 23.3. The smallest absolute Gasteiger partial charge is 0.174 e. The average molecular weight is 606 g/mol. The molecule has 2 saturated heterocycles. The predicted octanol–water partition coefficient (Wildman–Crippen LogP) is 6.70. The molecule has 34 heavy (non-hydrogen) atoms. The summed E-state index contributed by atoms with van der Waals surface area (Å²) in [4.78, 5) is 12.8. The number of anilines is 2. The van der Waals surface area contributed by atoms with Crippen LogP contribution in [0.3, 0.4) is 0 Å². The van der Waals surface area contributed by atoms with E-state index >= 15 is 0 Å². The van der Waals surface area contributed by atoms with Crippen LogP contribution in [0.4, 0.5) is 11.4 Å². The number of pyridine rings is 1. The summed E-state index contributed by atoms with van der Waals surface area (Å²) in [5.41, 5.74) is 6.63. The van der Waals surface area contributed by atoms with Crippen LogP contribution in [0.25, 0.3) is 0 Å². The summed E-state index contributed by atoms with van der Waals surface area (Å²) in [6.07, 6.45) is 4.25. The minimum Gasteiger partial charge on any atom is -0.370 e. The number of rotatable bonds is 4. The molecule has 2 atom stereocenters. The molecule has 3 aromatic rings. The zero-order chi connectivity index (χ0) is 24.0. The van der Waals surface area contributed by atoms with E-state index in [1.54, 1.807) is 0 Å². The lowest BCUT2D eigenvalue weighted by atomic mass is 9.96. The number of aromatic nitrogens is 2. The Morgan fingerprint density at radius 1 is 1.12 bits per heavy atom. The minimum atomic E-state index is -0.0712. The molecule has 0 amide bonds. The van der Waals surface area contributed by atoms with Crippen molar-refractivity contribution in [3.63, 3.8) is 0 Å². The van der Waals surface area contributed by atoms with Crippen LogP contribution in [0.1, 0.15) is 54.5 Å². The molecule has 2 aliphatic heterocycles. The van der Waals surface area contributed by atoms with Crippen molar-refractivity contribution in [2.24, 2.45) is 5.92 Å². The van der Waals surface area contributed by atoms with Crippen LogP contribution >= 0.6 is 46.4 Å². The van der Waals surface area contributed by atoms with Gasteiger partial charge in [0.2, 0.25) is 0 Å². The van der Waals surface area contributed by atoms with Crippen molar-refractivity contribution in [2.45, 2.75) is 45.7 Å². The van der Waals surface area contributed by atoms with Gasteiger partial charge in [-0.1, -0.05) is 24.6 Å². The molecule has 0 saturated carbocycles. The number of nitrogens with zero attached hydrogens (tertiary/aromatic N) is 3. The van der Waals surface area contributed by atoms with Gasteiger partial charge in [0, 0.05) is 45.5 Å². The molecule has 1 aromatic carbocycles. The Bertz CT molecular complexity index is 1210. The molecule has 5 rings (SSSR count). The van der Waals surface area contributed by atoms with Crippen molar-refractivity contribution in [1.29, 1.82) is 0 Å². The third kappa shape index (κ3) is 4.31. The van der Waals surface area contributed by atoms with Crippen molar-refractivity contribution in [3.8, 4) is 0 Å². The van der Waals surface area contributed by atoms with Gasteiger partial charge in [-0.3, -0.25) is 4.98 Å². The van der Waals surface area contributed by atoms with Crippen molar-refractivity contribution in [1.82, 2.24) is 15.3 Å². The van der Waals surface area contributed by atoms with Gasteiger partial charge in [0.25, 0.3) is 0 Å². The SMILES string of the molecule is Cc1[nH]c(C)c([C@@H]2[C@H](c3ccccn3)NC(=S)N2c2ccc(N3CCC(C)CC3)c(Cl)c2)c1I. The average Bonchev–Trinajstić information content (AvgIpc) is 3.29. The number of benzene rings is 1. The molecular formula is C26H29ClIN5S. The predicted molar refractivity (Wildman–Crippen MR) is 153 cm³/mol. The van der Waals surface area contributed by atoms with Gasteiger partial charge in [0.15, 0.2) is 5.11 Å². The topological polar surface area (TPSA) is 47.2 Å². The van der Waals surface area contributed by atoms with Gasteiger partial charge in [-0.15, -0.1) is 0 Å². The maximum Gasteiger partial charge on any atom is 0.174 e. The molecule has 8 heteroatoms. The van der Waals surface area contributed by atoms with E-state index in [1.165, 1.54) is 27.7 Å². The number of hydrogen-bond acceptors (Lipinski definition) is 3. The van der Waals surface area contributed by atoms with Crippen molar-refractivity contribution in [2.75, 3.05) is 22.9 Å². The molecule has 0 bridgehead atoms. The normalized spacial score (nSPS) is 21.3. The van der Waals surface area contributed by atoms with Gasteiger partial charge in [-0.25, -0.2) is 0 Å². The number of H-pyrrole nitrogens is 1. The first-order valence-corrected chi connectivity index (χ1v) is 13.6. The minimum absolute atomic E-state index is 0.0444. The molecule has 0 aliphatic carbocycles. The molecule has 5 nitrogen and oxygen atoms in total. The highest BCUT2D eigenvalue weighted by Gasteiger charge is 2.43. The number of halogens is 2. The quantitative estimate of drug-likeness (QED) is 0.256. The fourth-order valence-corrected chi connectivity index (χ4v) is 6.70. The largest absolute Gasteiger partial charge is 0.370 e. The summed E-state index contributed by atoms with van der Waals surface area (Å²) in [5, 5.41) is 5.01. The van der Waals surface area contributed by atoms with E-state index < -0.39 is 0 Å². The van der Waals surface area contributed by atoms with E-state index in [1.807, 2.05) is 18.3 Å². The molecular weight excluding hydrogens is 577 g/mol. The van der Waals surface area contributed by atoms with E-state index in [0.717, 1.165) is 46.8 Å². The van der Waals surface area contributed by atoms with Crippen LogP contribution in [0, 0.1) is 23.3 Å². The van der Waals surface area contributed by atoms with Gasteiger partial charge in [-0.2, -0.15) is 0 Å². The van der Waals surface area contributed by atoms with Gasteiger partial charge in [-0.05, 0) is 97.7 Å². The first-order valence-electron chi connectivity index (χ1n) is 11.7. The molecule has 2 N–H and O–H groups in total. The first kappa shape index (κ1) is 23.9. The number of thiocarbonyl (C=S) groups is 1. The zero-order valence-electron chi connectivity index (χ0n) is 19.6. The van der Waals surface area contributed by atoms with Gasteiger partial charge in [0.1, 0.15) is 0 Å². The monoisotopic (exact) mass is 605 g/mol. The van der Waals surface area contributed by atoms with Crippen LogP contribution in [-0.2, 0) is 0 Å². The maximum absolute atomic E-state index is 6.89. The first-order chi connectivity index (χ1) is 16.3. The summed E-state index contributed by atoms with van der Waals surface area (Å²) in [7, 11) is 0. The van der Waals surface area contributed by atoms with Crippen LogP contribution in [-0.4, -0.2) is 28.2 Å². The second-order valence-corrected chi connectivity index (χ2v) is 11.3. The molecule has 178 valence electrons. The standard InChI is InChI=1S/C26H29ClIN5S/c1-15-9-12-32(13-10-15)21-8-7-18(14-19(21)27)33-25(22-16(2)30-17(3)23(22)28)24(31-26(33)34)20-6-4-5-11-29-20/h4-8,11,14-15,24-25,30H,9-10,12-13H2,1-3H3,(H,31,34)/t24-,25+/m0/s1. The summed E-state index contributed by atoms with van der Waals surface area (Å²) in [5.74, 6) is 0.780. The highest BCUT2D eigenvalue weighted by atomic mass is 127. The van der Waals surface area contributed by atoms with E-state index in [4.69, 9.17) is 23.8 Å². The van der Waals surface area contributed by atoms with Gasteiger partial charge in [0.05, 0.1) is 28.5 Å². The lowest BCUT2D eigenvalue weighted by molar-refractivity contribution is 0.438. The Morgan fingerprint density at radius 3 is 2.50 bits per heavy atom. The van der Waals surface area contributed by atoms with Crippen LogP contribution in [0.2, 0.25) is 5.02 Å². The summed E-state index contributed by atoms with van der Waals surface area (Å²) in [6.45, 7) is 8.67. The molecule has 2 aromatic heterocycles.